The van der Waals surface area contributed by atoms with Gasteiger partial charge in [0.25, 0.3) is 5.91 Å². The Morgan fingerprint density at radius 2 is 1.80 bits per heavy atom. The maximum absolute atomic E-state index is 13.1. The Morgan fingerprint density at radius 1 is 1.10 bits per heavy atom. The van der Waals surface area contributed by atoms with Crippen molar-refractivity contribution in [3.63, 3.8) is 0 Å². The van der Waals surface area contributed by atoms with Crippen molar-refractivity contribution in [2.24, 2.45) is 0 Å². The van der Waals surface area contributed by atoms with Crippen molar-refractivity contribution in [2.75, 3.05) is 42.6 Å². The van der Waals surface area contributed by atoms with Gasteiger partial charge in [-0.15, -0.1) is 0 Å². The summed E-state index contributed by atoms with van der Waals surface area (Å²) >= 11 is 0. The van der Waals surface area contributed by atoms with Crippen LogP contribution in [0.2, 0.25) is 0 Å². The zero-order chi connectivity index (χ0) is 20.9. The predicted molar refractivity (Wildman–Crippen MR) is 113 cm³/mol. The SMILES string of the molecule is CCCCOc1ccc(N2C(=O)C[C@@H]([NH+]3CCN(c4ncccn4)CC3)C2=O)cc1. The monoisotopic (exact) mass is 410 g/mol. The highest BCUT2D eigenvalue weighted by molar-refractivity contribution is 6.21. The lowest BCUT2D eigenvalue weighted by atomic mass is 10.2. The summed E-state index contributed by atoms with van der Waals surface area (Å²) in [6.45, 7) is 5.87. The molecule has 0 aliphatic carbocycles. The number of aromatic nitrogens is 2. The van der Waals surface area contributed by atoms with Crippen molar-refractivity contribution < 1.29 is 19.2 Å². The molecule has 2 aliphatic rings. The summed E-state index contributed by atoms with van der Waals surface area (Å²) in [6, 6.07) is 8.71. The molecule has 2 aliphatic heterocycles. The highest BCUT2D eigenvalue weighted by Gasteiger charge is 2.46. The molecular weight excluding hydrogens is 382 g/mol. The molecule has 0 bridgehead atoms. The molecule has 0 saturated carbocycles. The first kappa shape index (κ1) is 20.3. The molecule has 2 saturated heterocycles. The summed E-state index contributed by atoms with van der Waals surface area (Å²) in [6.07, 6.45) is 5.80. The molecule has 30 heavy (non-hydrogen) atoms. The fraction of sp³-hybridized carbons (Fsp3) is 0.455. The number of imide groups is 1. The summed E-state index contributed by atoms with van der Waals surface area (Å²) < 4.78 is 5.67. The number of unbranched alkanes of at least 4 members (excludes halogenated alkanes) is 1. The van der Waals surface area contributed by atoms with E-state index in [0.29, 0.717) is 18.2 Å². The largest absolute Gasteiger partial charge is 0.494 e. The Labute approximate surface area is 176 Å². The van der Waals surface area contributed by atoms with E-state index in [-0.39, 0.29) is 24.3 Å². The lowest BCUT2D eigenvalue weighted by Crippen LogP contribution is -3.19. The molecule has 1 aromatic carbocycles. The van der Waals surface area contributed by atoms with Gasteiger partial charge in [-0.3, -0.25) is 9.59 Å². The van der Waals surface area contributed by atoms with Crippen molar-refractivity contribution >= 4 is 23.5 Å². The van der Waals surface area contributed by atoms with Gasteiger partial charge < -0.3 is 14.5 Å². The van der Waals surface area contributed by atoms with E-state index in [2.05, 4.69) is 21.8 Å². The Kier molecular flexibility index (Phi) is 6.23. The third-order valence-corrected chi connectivity index (χ3v) is 5.74. The van der Waals surface area contributed by atoms with Gasteiger partial charge in [0, 0.05) is 12.4 Å². The summed E-state index contributed by atoms with van der Waals surface area (Å²) in [5.41, 5.74) is 0.617. The van der Waals surface area contributed by atoms with Crippen molar-refractivity contribution in [3.8, 4) is 5.75 Å². The van der Waals surface area contributed by atoms with E-state index in [9.17, 15) is 9.59 Å². The van der Waals surface area contributed by atoms with Crippen LogP contribution in [-0.2, 0) is 9.59 Å². The smallest absolute Gasteiger partial charge is 0.292 e. The lowest BCUT2D eigenvalue weighted by molar-refractivity contribution is -0.915. The van der Waals surface area contributed by atoms with E-state index < -0.39 is 0 Å². The molecule has 8 nitrogen and oxygen atoms in total. The second-order valence-corrected chi connectivity index (χ2v) is 7.71. The van der Waals surface area contributed by atoms with Crippen LogP contribution in [0.4, 0.5) is 11.6 Å². The van der Waals surface area contributed by atoms with Crippen LogP contribution in [0.1, 0.15) is 26.2 Å². The molecule has 0 spiro atoms. The Balaban J connectivity index is 1.37. The van der Waals surface area contributed by atoms with Crippen molar-refractivity contribution in [2.45, 2.75) is 32.2 Å². The molecule has 158 valence electrons. The van der Waals surface area contributed by atoms with Gasteiger partial charge in [0.1, 0.15) is 5.75 Å². The highest BCUT2D eigenvalue weighted by atomic mass is 16.5. The molecule has 1 atom stereocenters. The van der Waals surface area contributed by atoms with Gasteiger partial charge in [-0.1, -0.05) is 13.3 Å². The molecule has 2 fully saturated rings. The Hall–Kier alpha value is -3.00. The minimum absolute atomic E-state index is 0.112. The van der Waals surface area contributed by atoms with E-state index in [4.69, 9.17) is 4.74 Å². The second-order valence-electron chi connectivity index (χ2n) is 7.71. The zero-order valence-electron chi connectivity index (χ0n) is 17.3. The number of rotatable bonds is 7. The van der Waals surface area contributed by atoms with Gasteiger partial charge >= 0.3 is 0 Å². The van der Waals surface area contributed by atoms with Crippen LogP contribution in [0.5, 0.6) is 5.75 Å². The summed E-state index contributed by atoms with van der Waals surface area (Å²) in [5.74, 6) is 1.23. The Morgan fingerprint density at radius 3 is 2.47 bits per heavy atom. The number of carbonyl (C=O) groups is 2. The normalized spacial score (nSPS) is 20.1. The third kappa shape index (κ3) is 4.28. The number of nitrogens with one attached hydrogen (secondary N) is 1. The minimum Gasteiger partial charge on any atom is -0.494 e. The first-order valence-electron chi connectivity index (χ1n) is 10.6. The first-order chi connectivity index (χ1) is 14.7. The maximum atomic E-state index is 13.1. The summed E-state index contributed by atoms with van der Waals surface area (Å²) in [7, 11) is 0. The van der Waals surface area contributed by atoms with Crippen molar-refractivity contribution in [1.29, 1.82) is 0 Å². The van der Waals surface area contributed by atoms with Crippen LogP contribution in [0.25, 0.3) is 0 Å². The zero-order valence-corrected chi connectivity index (χ0v) is 17.3. The van der Waals surface area contributed by atoms with Crippen molar-refractivity contribution in [3.05, 3.63) is 42.7 Å². The van der Waals surface area contributed by atoms with Crippen LogP contribution in [0.15, 0.2) is 42.7 Å². The lowest BCUT2D eigenvalue weighted by Gasteiger charge is -2.34. The topological polar surface area (TPSA) is 80.1 Å². The van der Waals surface area contributed by atoms with E-state index >= 15 is 0 Å². The van der Waals surface area contributed by atoms with Gasteiger partial charge in [0.2, 0.25) is 11.9 Å². The van der Waals surface area contributed by atoms with Gasteiger partial charge in [-0.2, -0.15) is 0 Å². The quantitative estimate of drug-likeness (QED) is 0.535. The van der Waals surface area contributed by atoms with E-state index in [1.807, 2.05) is 12.1 Å². The predicted octanol–water partition coefficient (Wildman–Crippen LogP) is 0.693. The second kappa shape index (κ2) is 9.21. The van der Waals surface area contributed by atoms with E-state index in [0.717, 1.165) is 49.7 Å². The standard InChI is InChI=1S/C22H27N5O3/c1-2-3-15-30-18-7-5-17(6-8-18)27-20(28)16-19(21(27)29)25-11-13-26(14-12-25)22-23-9-4-10-24-22/h4-10,19H,2-3,11-16H2,1H3/p+1/t19-/m1/s1. The molecular formula is C22H28N5O3+. The molecule has 2 aromatic rings. The number of carbonyl (C=O) groups excluding carboxylic acids is 2. The Bertz CT molecular complexity index is 866. The molecule has 1 N–H and O–H groups in total. The van der Waals surface area contributed by atoms with Crippen LogP contribution in [0.3, 0.4) is 0 Å². The maximum Gasteiger partial charge on any atom is 0.292 e. The van der Waals surface area contributed by atoms with Gasteiger partial charge in [-0.25, -0.2) is 14.9 Å². The number of nitrogens with zero attached hydrogens (tertiary/aromatic N) is 4. The number of hydrogen-bond acceptors (Lipinski definition) is 6. The molecule has 0 radical (unpaired) electrons. The number of amides is 2. The fourth-order valence-corrected chi connectivity index (χ4v) is 4.04. The average molecular weight is 410 g/mol. The van der Waals surface area contributed by atoms with E-state index in [1.54, 1.807) is 30.6 Å². The van der Waals surface area contributed by atoms with Crippen LogP contribution < -0.4 is 19.4 Å². The fourth-order valence-electron chi connectivity index (χ4n) is 4.04. The number of piperazine rings is 1. The first-order valence-corrected chi connectivity index (χ1v) is 10.6. The number of benzene rings is 1. The van der Waals surface area contributed by atoms with E-state index in [1.165, 1.54) is 4.90 Å². The van der Waals surface area contributed by atoms with Crippen molar-refractivity contribution in [1.82, 2.24) is 9.97 Å². The minimum atomic E-state index is -0.322. The molecule has 4 rings (SSSR count). The number of ether oxygens (including phenoxy) is 1. The highest BCUT2D eigenvalue weighted by Crippen LogP contribution is 2.25. The molecule has 0 unspecified atom stereocenters. The van der Waals surface area contributed by atoms with Crippen LogP contribution in [-0.4, -0.2) is 60.6 Å². The van der Waals surface area contributed by atoms with Gasteiger partial charge in [0.15, 0.2) is 6.04 Å². The van der Waals surface area contributed by atoms with Crippen LogP contribution >= 0.6 is 0 Å². The van der Waals surface area contributed by atoms with Gasteiger partial charge in [-0.05, 0) is 36.8 Å². The summed E-state index contributed by atoms with van der Waals surface area (Å²) in [4.78, 5) is 38.9. The number of hydrogen-bond donors (Lipinski definition) is 1. The summed E-state index contributed by atoms with van der Waals surface area (Å²) in [5, 5.41) is 0. The average Bonchev–Trinajstić information content (AvgIpc) is 3.09. The number of quaternary nitrogens is 1. The number of anilines is 2. The van der Waals surface area contributed by atoms with Gasteiger partial charge in [0.05, 0.1) is 44.9 Å². The molecule has 3 heterocycles. The third-order valence-electron chi connectivity index (χ3n) is 5.74. The van der Waals surface area contributed by atoms with Crippen LogP contribution in [0, 0.1) is 0 Å². The molecule has 2 amide bonds. The molecule has 1 aromatic heterocycles. The molecule has 8 heteroatoms.